The van der Waals surface area contributed by atoms with Crippen LogP contribution in [0.25, 0.3) is 82.3 Å². The Morgan fingerprint density at radius 3 is 1.72 bits per heavy atom. The molecule has 43 heavy (non-hydrogen) atoms. The summed E-state index contributed by atoms with van der Waals surface area (Å²) in [4.78, 5) is 9.36. The summed E-state index contributed by atoms with van der Waals surface area (Å²) in [5.41, 5.74) is 9.09. The quantitative estimate of drug-likeness (QED) is 0.202. The first-order valence-electron chi connectivity index (χ1n) is 14.5. The van der Waals surface area contributed by atoms with Gasteiger partial charge < -0.3 is 9.13 Å². The lowest BCUT2D eigenvalue weighted by molar-refractivity contribution is 1.17. The Morgan fingerprint density at radius 1 is 0.419 bits per heavy atom. The largest absolute Gasteiger partial charge is 0.309 e. The summed E-state index contributed by atoms with van der Waals surface area (Å²) in [6.45, 7) is 0. The lowest BCUT2D eigenvalue weighted by atomic mass is 9.99. The minimum absolute atomic E-state index is 0.946. The Balaban J connectivity index is 1.55. The minimum atomic E-state index is 0.946. The average molecular weight is 550 g/mol. The lowest BCUT2D eigenvalue weighted by Gasteiger charge is -2.11. The molecule has 0 fully saturated rings. The maximum atomic E-state index is 4.75. The zero-order chi connectivity index (χ0) is 28.1. The second kappa shape index (κ2) is 8.30. The number of aromatic nitrogens is 5. The van der Waals surface area contributed by atoms with Crippen LogP contribution < -0.4 is 0 Å². The molecule has 0 saturated carbocycles. The number of rotatable bonds is 2. The number of pyridine rings is 2. The molecule has 200 valence electrons. The first kappa shape index (κ1) is 22.7. The second-order valence-electron chi connectivity index (χ2n) is 11.1. The number of hydrogen-bond donors (Lipinski definition) is 0. The van der Waals surface area contributed by atoms with E-state index in [1.807, 2.05) is 18.6 Å². The normalized spacial score (nSPS) is 12.2. The van der Waals surface area contributed by atoms with Gasteiger partial charge in [-0.1, -0.05) is 54.6 Å². The highest BCUT2D eigenvalue weighted by atomic mass is 15.0. The van der Waals surface area contributed by atoms with Crippen molar-refractivity contribution in [3.05, 3.63) is 140 Å². The molecular formula is C38H23N5. The molecule has 0 unspecified atom stereocenters. The van der Waals surface area contributed by atoms with Gasteiger partial charge in [0.25, 0.3) is 0 Å². The third-order valence-corrected chi connectivity index (χ3v) is 8.97. The Bertz CT molecular complexity index is 2710. The molecule has 0 spiro atoms. The van der Waals surface area contributed by atoms with Crippen LogP contribution in [0, 0.1) is 0 Å². The highest BCUT2D eigenvalue weighted by molar-refractivity contribution is 6.36. The van der Waals surface area contributed by atoms with Crippen LogP contribution in [-0.2, 0) is 0 Å². The van der Waals surface area contributed by atoms with Crippen LogP contribution in [0.15, 0.2) is 140 Å². The predicted octanol–water partition coefficient (Wildman–Crippen LogP) is 9.23. The molecular weight excluding hydrogens is 526 g/mol. The van der Waals surface area contributed by atoms with E-state index in [1.54, 1.807) is 0 Å². The van der Waals surface area contributed by atoms with Gasteiger partial charge in [0.05, 0.1) is 27.6 Å². The van der Waals surface area contributed by atoms with E-state index in [-0.39, 0.29) is 0 Å². The standard InChI is InChI=1S/C38H23N5/c1-3-9-24(10-4-1)42-29-14-8-7-13-27(29)34-31(42)17-18-33-36(34)37-32(43(33)25-11-5-2-6-12-25)16-15-30-35(37)28-23-39-20-19-26(28)38-40-21-22-41(30)38/h1-23H. The van der Waals surface area contributed by atoms with Crippen LogP contribution in [0.4, 0.5) is 0 Å². The summed E-state index contributed by atoms with van der Waals surface area (Å²) in [7, 11) is 0. The summed E-state index contributed by atoms with van der Waals surface area (Å²) in [5, 5.41) is 8.37. The van der Waals surface area contributed by atoms with Gasteiger partial charge in [0, 0.05) is 73.9 Å². The molecule has 5 nitrogen and oxygen atoms in total. The van der Waals surface area contributed by atoms with E-state index in [0.717, 1.165) is 33.3 Å². The fourth-order valence-electron chi connectivity index (χ4n) is 7.31. The Labute approximate surface area is 245 Å². The van der Waals surface area contributed by atoms with Crippen LogP contribution in [0.1, 0.15) is 0 Å². The zero-order valence-electron chi connectivity index (χ0n) is 23.0. The Hall–Kier alpha value is -5.94. The molecule has 0 saturated heterocycles. The molecule has 5 aromatic heterocycles. The number of fused-ring (bicyclic) bond motifs is 14. The average Bonchev–Trinajstić information content (AvgIpc) is 3.78. The van der Waals surface area contributed by atoms with E-state index in [4.69, 9.17) is 4.98 Å². The summed E-state index contributed by atoms with van der Waals surface area (Å²) in [5.74, 6) is 0. The van der Waals surface area contributed by atoms with Gasteiger partial charge in [-0.3, -0.25) is 9.38 Å². The van der Waals surface area contributed by atoms with Crippen molar-refractivity contribution in [2.45, 2.75) is 0 Å². The van der Waals surface area contributed by atoms with Crippen molar-refractivity contribution in [3.8, 4) is 11.4 Å². The predicted molar refractivity (Wildman–Crippen MR) is 177 cm³/mol. The lowest BCUT2D eigenvalue weighted by Crippen LogP contribution is -1.95. The zero-order valence-corrected chi connectivity index (χ0v) is 23.0. The van der Waals surface area contributed by atoms with Gasteiger partial charge in [-0.25, -0.2) is 4.98 Å². The molecule has 10 rings (SSSR count). The Kier molecular flexibility index (Phi) is 4.39. The third-order valence-electron chi connectivity index (χ3n) is 8.97. The highest BCUT2D eigenvalue weighted by Gasteiger charge is 2.23. The van der Waals surface area contributed by atoms with E-state index in [1.165, 1.54) is 49.0 Å². The minimum Gasteiger partial charge on any atom is -0.309 e. The first-order chi connectivity index (χ1) is 21.4. The first-order valence-corrected chi connectivity index (χ1v) is 14.5. The fourth-order valence-corrected chi connectivity index (χ4v) is 7.31. The number of benzene rings is 5. The molecule has 0 N–H and O–H groups in total. The molecule has 0 radical (unpaired) electrons. The van der Waals surface area contributed by atoms with E-state index in [0.29, 0.717) is 0 Å². The number of nitrogens with zero attached hydrogens (tertiary/aromatic N) is 5. The summed E-state index contributed by atoms with van der Waals surface area (Å²) < 4.78 is 7.03. The molecule has 0 amide bonds. The topological polar surface area (TPSA) is 40.1 Å². The number of para-hydroxylation sites is 3. The third kappa shape index (κ3) is 2.90. The van der Waals surface area contributed by atoms with Gasteiger partial charge in [0.15, 0.2) is 0 Å². The van der Waals surface area contributed by atoms with Crippen molar-refractivity contribution < 1.29 is 0 Å². The van der Waals surface area contributed by atoms with Crippen molar-refractivity contribution in [2.24, 2.45) is 0 Å². The molecule has 0 aliphatic rings. The molecule has 0 atom stereocenters. The van der Waals surface area contributed by atoms with Gasteiger partial charge in [-0.2, -0.15) is 0 Å². The fraction of sp³-hybridized carbons (Fsp3) is 0. The number of imidazole rings is 1. The molecule has 0 aliphatic carbocycles. The van der Waals surface area contributed by atoms with E-state index in [2.05, 4.69) is 140 Å². The smallest absolute Gasteiger partial charge is 0.145 e. The van der Waals surface area contributed by atoms with Crippen LogP contribution in [-0.4, -0.2) is 23.5 Å². The van der Waals surface area contributed by atoms with E-state index >= 15 is 0 Å². The van der Waals surface area contributed by atoms with Crippen molar-refractivity contribution in [1.29, 1.82) is 0 Å². The summed E-state index contributed by atoms with van der Waals surface area (Å²) in [6, 6.07) is 41.3. The molecule has 5 aromatic carbocycles. The van der Waals surface area contributed by atoms with Crippen LogP contribution >= 0.6 is 0 Å². The van der Waals surface area contributed by atoms with Gasteiger partial charge >= 0.3 is 0 Å². The maximum Gasteiger partial charge on any atom is 0.145 e. The Morgan fingerprint density at radius 2 is 1.00 bits per heavy atom. The molecule has 10 aromatic rings. The maximum absolute atomic E-state index is 4.75. The second-order valence-corrected chi connectivity index (χ2v) is 11.1. The van der Waals surface area contributed by atoms with Crippen LogP contribution in [0.3, 0.4) is 0 Å². The van der Waals surface area contributed by atoms with Crippen LogP contribution in [0.5, 0.6) is 0 Å². The summed E-state index contributed by atoms with van der Waals surface area (Å²) in [6.07, 6.45) is 7.82. The van der Waals surface area contributed by atoms with Crippen molar-refractivity contribution in [1.82, 2.24) is 23.5 Å². The van der Waals surface area contributed by atoms with Crippen LogP contribution in [0.2, 0.25) is 0 Å². The molecule has 5 heterocycles. The molecule has 0 bridgehead atoms. The van der Waals surface area contributed by atoms with Gasteiger partial charge in [-0.05, 0) is 60.7 Å². The van der Waals surface area contributed by atoms with Crippen molar-refractivity contribution in [3.63, 3.8) is 0 Å². The van der Waals surface area contributed by atoms with Gasteiger partial charge in [0.2, 0.25) is 0 Å². The summed E-state index contributed by atoms with van der Waals surface area (Å²) >= 11 is 0. The highest BCUT2D eigenvalue weighted by Crippen LogP contribution is 2.46. The monoisotopic (exact) mass is 549 g/mol. The number of hydrogen-bond acceptors (Lipinski definition) is 2. The molecule has 0 aliphatic heterocycles. The van der Waals surface area contributed by atoms with E-state index in [9.17, 15) is 0 Å². The van der Waals surface area contributed by atoms with Gasteiger partial charge in [-0.15, -0.1) is 0 Å². The van der Waals surface area contributed by atoms with Gasteiger partial charge in [0.1, 0.15) is 5.65 Å². The van der Waals surface area contributed by atoms with Crippen molar-refractivity contribution >= 4 is 70.9 Å². The van der Waals surface area contributed by atoms with E-state index < -0.39 is 0 Å². The molecule has 5 heteroatoms. The SMILES string of the molecule is c1ccc(-n2c3ccccc3c3c4c5c6c7cnccc7c7nccn7c6ccc5n(-c5ccccc5)c4ccc32)cc1. The van der Waals surface area contributed by atoms with Crippen molar-refractivity contribution in [2.75, 3.05) is 0 Å².